The van der Waals surface area contributed by atoms with Crippen molar-refractivity contribution < 1.29 is 0 Å². The lowest BCUT2D eigenvalue weighted by atomic mass is 10.1. The van der Waals surface area contributed by atoms with E-state index in [1.807, 2.05) is 0 Å². The third-order valence-electron chi connectivity index (χ3n) is 11.8. The Bertz CT molecular complexity index is 2010. The van der Waals surface area contributed by atoms with E-state index >= 15 is 0 Å². The lowest BCUT2D eigenvalue weighted by Crippen LogP contribution is -2.31. The quantitative estimate of drug-likeness (QED) is 0.139. The Labute approximate surface area is 312 Å². The highest BCUT2D eigenvalue weighted by Crippen LogP contribution is 2.43. The highest BCUT2D eigenvalue weighted by molar-refractivity contribution is 6.64. The van der Waals surface area contributed by atoms with Crippen molar-refractivity contribution in [2.75, 3.05) is 0 Å². The highest BCUT2D eigenvalue weighted by Gasteiger charge is 2.37. The van der Waals surface area contributed by atoms with Gasteiger partial charge in [-0.2, -0.15) is 0 Å². The van der Waals surface area contributed by atoms with Crippen molar-refractivity contribution in [2.45, 2.75) is 34.3 Å². The van der Waals surface area contributed by atoms with E-state index in [-0.39, 0.29) is 0 Å². The van der Waals surface area contributed by atoms with Gasteiger partial charge in [0.2, 0.25) is 0 Å². The van der Waals surface area contributed by atoms with Crippen LogP contribution in [-0.4, -0.2) is 17.6 Å². The third kappa shape index (κ3) is 6.49. The SMILES string of the molecule is C1=CC([SiH](Cc2ccccc2)C2C=Cc3ccccc32)c2ccccc21.C1=CC([SiH](Cc2ccccc2)C2C=Cc3ccccc32)c2ccccc21. The molecule has 0 N–H and O–H groups in total. The fourth-order valence-electron chi connectivity index (χ4n) is 9.33. The summed E-state index contributed by atoms with van der Waals surface area (Å²) in [6.07, 6.45) is 19.3. The van der Waals surface area contributed by atoms with Gasteiger partial charge in [0.05, 0.1) is 17.6 Å². The monoisotopic (exact) mass is 700 g/mol. The fourth-order valence-corrected chi connectivity index (χ4v) is 17.5. The number of hydrogen-bond donors (Lipinski definition) is 0. The van der Waals surface area contributed by atoms with E-state index in [1.165, 1.54) is 67.7 Å². The Morgan fingerprint density at radius 3 is 0.827 bits per heavy atom. The van der Waals surface area contributed by atoms with Crippen molar-refractivity contribution in [3.05, 3.63) is 238 Å². The Morgan fingerprint density at radius 2 is 0.538 bits per heavy atom. The normalized spacial score (nSPS) is 20.8. The van der Waals surface area contributed by atoms with E-state index in [9.17, 15) is 0 Å². The minimum Gasteiger partial charge on any atom is -0.0794 e. The Morgan fingerprint density at radius 1 is 0.288 bits per heavy atom. The highest BCUT2D eigenvalue weighted by atomic mass is 28.3. The van der Waals surface area contributed by atoms with E-state index in [0.29, 0.717) is 22.2 Å². The topological polar surface area (TPSA) is 0 Å². The van der Waals surface area contributed by atoms with Crippen molar-refractivity contribution in [1.82, 2.24) is 0 Å². The Balaban J connectivity index is 0.000000138. The fraction of sp³-hybridized carbons (Fsp3) is 0.120. The van der Waals surface area contributed by atoms with Crippen LogP contribution in [0, 0.1) is 0 Å². The molecule has 52 heavy (non-hydrogen) atoms. The molecule has 4 atom stereocenters. The molecule has 0 fully saturated rings. The van der Waals surface area contributed by atoms with Crippen molar-refractivity contribution in [2.24, 2.45) is 0 Å². The van der Waals surface area contributed by atoms with Crippen LogP contribution in [0.5, 0.6) is 0 Å². The molecule has 2 heteroatoms. The van der Waals surface area contributed by atoms with Gasteiger partial charge in [-0.1, -0.05) is 217 Å². The summed E-state index contributed by atoms with van der Waals surface area (Å²) in [6, 6.07) is 60.5. The third-order valence-corrected chi connectivity index (χ3v) is 19.7. The van der Waals surface area contributed by atoms with Crippen molar-refractivity contribution >= 4 is 41.9 Å². The van der Waals surface area contributed by atoms with Crippen LogP contribution in [0.25, 0.3) is 24.3 Å². The summed E-state index contributed by atoms with van der Waals surface area (Å²) < 4.78 is 0. The molecule has 0 aliphatic heterocycles. The van der Waals surface area contributed by atoms with E-state index < -0.39 is 17.6 Å². The minimum atomic E-state index is -1.21. The maximum Gasteiger partial charge on any atom is 0.0664 e. The second-order valence-corrected chi connectivity index (χ2v) is 21.1. The molecular weight excluding hydrogens is 657 g/mol. The van der Waals surface area contributed by atoms with Crippen LogP contribution in [0.2, 0.25) is 0 Å². The van der Waals surface area contributed by atoms with Crippen LogP contribution >= 0.6 is 0 Å². The number of allylic oxidation sites excluding steroid dienone is 4. The Kier molecular flexibility index (Phi) is 9.25. The molecule has 0 amide bonds. The predicted molar refractivity (Wildman–Crippen MR) is 227 cm³/mol. The largest absolute Gasteiger partial charge is 0.0794 e. The van der Waals surface area contributed by atoms with E-state index in [4.69, 9.17) is 0 Å². The standard InChI is InChI=1S/2C25H22Si/c2*1-2-8-19(9-3-1)18-26(24-16-14-20-10-4-6-12-22(20)24)25-17-15-21-11-5-7-13-23(21)25/h2*1-17,24-26H,18H2. The zero-order valence-corrected chi connectivity index (χ0v) is 31.8. The van der Waals surface area contributed by atoms with Gasteiger partial charge in [-0.3, -0.25) is 0 Å². The molecule has 0 heterocycles. The summed E-state index contributed by atoms with van der Waals surface area (Å²) in [5.41, 5.74) is 17.2. The van der Waals surface area contributed by atoms with Crippen LogP contribution < -0.4 is 0 Å². The lowest BCUT2D eigenvalue weighted by molar-refractivity contribution is 1.05. The number of benzene rings is 6. The molecule has 4 aliphatic rings. The van der Waals surface area contributed by atoms with Crippen molar-refractivity contribution in [3.8, 4) is 0 Å². The first-order valence-electron chi connectivity index (χ1n) is 19.0. The second kappa shape index (κ2) is 14.8. The average molecular weight is 701 g/mol. The molecule has 0 bridgehead atoms. The molecule has 6 aromatic rings. The van der Waals surface area contributed by atoms with Crippen LogP contribution in [0.4, 0.5) is 0 Å². The molecular formula is C50H44Si2. The molecule has 0 radical (unpaired) electrons. The summed E-state index contributed by atoms with van der Waals surface area (Å²) in [6.45, 7) is 0. The van der Waals surface area contributed by atoms with Gasteiger partial charge in [-0.05, 0) is 78.8 Å². The van der Waals surface area contributed by atoms with Gasteiger partial charge in [-0.25, -0.2) is 0 Å². The lowest BCUT2D eigenvalue weighted by Gasteiger charge is -2.28. The zero-order valence-electron chi connectivity index (χ0n) is 29.5. The molecule has 0 nitrogen and oxygen atoms in total. The first-order chi connectivity index (χ1) is 25.8. The van der Waals surface area contributed by atoms with Gasteiger partial charge >= 0.3 is 0 Å². The van der Waals surface area contributed by atoms with E-state index in [1.54, 1.807) is 0 Å². The average Bonchev–Trinajstić information content (AvgIpc) is 4.02. The summed E-state index contributed by atoms with van der Waals surface area (Å²) in [7, 11) is -2.43. The van der Waals surface area contributed by atoms with Gasteiger partial charge in [0.25, 0.3) is 0 Å². The molecule has 252 valence electrons. The van der Waals surface area contributed by atoms with Crippen LogP contribution in [-0.2, 0) is 12.1 Å². The van der Waals surface area contributed by atoms with Crippen LogP contribution in [0.1, 0.15) is 77.8 Å². The van der Waals surface area contributed by atoms with Gasteiger partial charge in [0.1, 0.15) is 0 Å². The molecule has 0 spiro atoms. The minimum absolute atomic E-state index is 0.604. The first-order valence-corrected chi connectivity index (χ1v) is 23.3. The summed E-state index contributed by atoms with van der Waals surface area (Å²) in [4.78, 5) is 0. The van der Waals surface area contributed by atoms with Crippen LogP contribution in [0.15, 0.2) is 182 Å². The summed E-state index contributed by atoms with van der Waals surface area (Å²) in [5.74, 6) is 0. The number of rotatable bonds is 8. The molecule has 10 rings (SSSR count). The summed E-state index contributed by atoms with van der Waals surface area (Å²) >= 11 is 0. The summed E-state index contributed by atoms with van der Waals surface area (Å²) in [5, 5.41) is 0. The maximum absolute atomic E-state index is 2.49. The van der Waals surface area contributed by atoms with Gasteiger partial charge in [-0.15, -0.1) is 0 Å². The molecule has 0 saturated carbocycles. The molecule has 6 aromatic carbocycles. The smallest absolute Gasteiger partial charge is 0.0664 e. The molecule has 4 aliphatic carbocycles. The molecule has 0 aromatic heterocycles. The second-order valence-electron chi connectivity index (χ2n) is 14.8. The van der Waals surface area contributed by atoms with Gasteiger partial charge in [0, 0.05) is 0 Å². The van der Waals surface area contributed by atoms with Crippen molar-refractivity contribution in [3.63, 3.8) is 0 Å². The number of fused-ring (bicyclic) bond motifs is 4. The first kappa shape index (κ1) is 32.6. The molecule has 4 unspecified atom stereocenters. The number of hydrogen-bond acceptors (Lipinski definition) is 0. The zero-order chi connectivity index (χ0) is 34.7. The van der Waals surface area contributed by atoms with Gasteiger partial charge in [0.15, 0.2) is 0 Å². The van der Waals surface area contributed by atoms with E-state index in [0.717, 1.165) is 0 Å². The predicted octanol–water partition coefficient (Wildman–Crippen LogP) is 11.4. The molecule has 0 saturated heterocycles. The van der Waals surface area contributed by atoms with Gasteiger partial charge < -0.3 is 0 Å². The van der Waals surface area contributed by atoms with Crippen molar-refractivity contribution in [1.29, 1.82) is 0 Å². The van der Waals surface area contributed by atoms with E-state index in [2.05, 4.69) is 206 Å². The van der Waals surface area contributed by atoms with Crippen LogP contribution in [0.3, 0.4) is 0 Å². The Hall–Kier alpha value is -5.29. The maximum atomic E-state index is 2.49.